The number of carboxylic acid groups (broad SMARTS) is 1. The van der Waals surface area contributed by atoms with Crippen LogP contribution in [-0.2, 0) is 28.8 Å². The first kappa shape index (κ1) is 29.8. The van der Waals surface area contributed by atoms with Gasteiger partial charge in [0.05, 0.1) is 12.5 Å². The molecule has 0 spiro atoms. The van der Waals surface area contributed by atoms with Gasteiger partial charge in [0.2, 0.25) is 29.5 Å². The van der Waals surface area contributed by atoms with Gasteiger partial charge in [0.15, 0.2) is 0 Å². The Balaban J connectivity index is 5.57. The molecular formula is C20H36N6O7. The van der Waals surface area contributed by atoms with E-state index in [1.165, 1.54) is 0 Å². The van der Waals surface area contributed by atoms with Gasteiger partial charge in [0.1, 0.15) is 18.1 Å². The second-order valence-corrected chi connectivity index (χ2v) is 8.60. The van der Waals surface area contributed by atoms with Gasteiger partial charge in [-0.15, -0.1) is 0 Å². The van der Waals surface area contributed by atoms with Crippen molar-refractivity contribution in [3.8, 4) is 0 Å². The largest absolute Gasteiger partial charge is 0.480 e. The molecule has 5 amide bonds. The fraction of sp³-hybridized carbons (Fsp3) is 0.700. The van der Waals surface area contributed by atoms with E-state index in [2.05, 4.69) is 16.0 Å². The van der Waals surface area contributed by atoms with Crippen molar-refractivity contribution in [1.82, 2.24) is 16.0 Å². The molecule has 0 radical (unpaired) electrons. The Bertz CT molecular complexity index is 740. The van der Waals surface area contributed by atoms with E-state index >= 15 is 0 Å². The third-order valence-corrected chi connectivity index (χ3v) is 4.64. The van der Waals surface area contributed by atoms with Crippen LogP contribution in [0.25, 0.3) is 0 Å². The molecule has 0 aliphatic heterocycles. The van der Waals surface area contributed by atoms with Crippen molar-refractivity contribution < 1.29 is 33.9 Å². The molecule has 4 atom stereocenters. The van der Waals surface area contributed by atoms with Crippen LogP contribution >= 0.6 is 0 Å². The van der Waals surface area contributed by atoms with Gasteiger partial charge in [-0.05, 0) is 24.7 Å². The summed E-state index contributed by atoms with van der Waals surface area (Å²) in [4.78, 5) is 71.5. The highest BCUT2D eigenvalue weighted by Crippen LogP contribution is 2.09. The van der Waals surface area contributed by atoms with Crippen LogP contribution in [0.1, 0.15) is 53.4 Å². The van der Waals surface area contributed by atoms with Gasteiger partial charge in [-0.3, -0.25) is 24.0 Å². The van der Waals surface area contributed by atoms with Crippen molar-refractivity contribution in [2.24, 2.45) is 29.0 Å². The smallest absolute Gasteiger partial charge is 0.326 e. The van der Waals surface area contributed by atoms with E-state index < -0.39 is 72.0 Å². The van der Waals surface area contributed by atoms with Gasteiger partial charge in [-0.25, -0.2) is 4.79 Å². The normalized spacial score (nSPS) is 14.6. The first-order valence-electron chi connectivity index (χ1n) is 10.6. The Kier molecular flexibility index (Phi) is 12.7. The average molecular weight is 473 g/mol. The molecule has 0 fully saturated rings. The SMILES string of the molecule is CC(C)CC(NC(=O)C(CCC(N)=O)NC(=O)C(N)CC(N)=O)C(=O)NC(C(=O)O)C(C)C. The monoisotopic (exact) mass is 472 g/mol. The molecule has 13 nitrogen and oxygen atoms in total. The molecule has 0 aliphatic rings. The number of hydrogen-bond donors (Lipinski definition) is 7. The topological polar surface area (TPSA) is 237 Å². The number of carboxylic acids is 1. The molecule has 0 aromatic rings. The van der Waals surface area contributed by atoms with Crippen LogP contribution in [0.15, 0.2) is 0 Å². The number of nitrogens with two attached hydrogens (primary N) is 3. The fourth-order valence-corrected chi connectivity index (χ4v) is 2.89. The minimum atomic E-state index is -1.32. The molecule has 0 aliphatic carbocycles. The van der Waals surface area contributed by atoms with E-state index in [-0.39, 0.29) is 25.2 Å². The Labute approximate surface area is 192 Å². The number of hydrogen-bond acceptors (Lipinski definition) is 7. The van der Waals surface area contributed by atoms with E-state index in [1.807, 2.05) is 0 Å². The van der Waals surface area contributed by atoms with Crippen molar-refractivity contribution in [1.29, 1.82) is 0 Å². The molecule has 0 bridgehead atoms. The lowest BCUT2D eigenvalue weighted by molar-refractivity contribution is -0.143. The maximum absolute atomic E-state index is 12.9. The second kappa shape index (κ2) is 14.0. The van der Waals surface area contributed by atoms with E-state index in [0.717, 1.165) is 0 Å². The van der Waals surface area contributed by atoms with E-state index in [9.17, 15) is 33.9 Å². The molecule has 0 heterocycles. The molecule has 4 unspecified atom stereocenters. The maximum Gasteiger partial charge on any atom is 0.326 e. The van der Waals surface area contributed by atoms with Crippen molar-refractivity contribution >= 4 is 35.5 Å². The number of primary amides is 2. The molecule has 188 valence electrons. The quantitative estimate of drug-likeness (QED) is 0.136. The molecule has 0 saturated carbocycles. The predicted octanol–water partition coefficient (Wildman–Crippen LogP) is -2.30. The minimum absolute atomic E-state index is 0.0500. The third-order valence-electron chi connectivity index (χ3n) is 4.64. The van der Waals surface area contributed by atoms with E-state index in [4.69, 9.17) is 17.2 Å². The van der Waals surface area contributed by atoms with Gasteiger partial charge in [-0.2, -0.15) is 0 Å². The lowest BCUT2D eigenvalue weighted by Gasteiger charge is -2.26. The van der Waals surface area contributed by atoms with Crippen LogP contribution in [-0.4, -0.2) is 64.8 Å². The van der Waals surface area contributed by atoms with Gasteiger partial charge >= 0.3 is 5.97 Å². The summed E-state index contributed by atoms with van der Waals surface area (Å²) in [5.74, 6) is -5.57. The molecule has 33 heavy (non-hydrogen) atoms. The maximum atomic E-state index is 12.9. The van der Waals surface area contributed by atoms with Gasteiger partial charge in [0.25, 0.3) is 0 Å². The zero-order chi connectivity index (χ0) is 25.9. The second-order valence-electron chi connectivity index (χ2n) is 8.60. The zero-order valence-electron chi connectivity index (χ0n) is 19.4. The van der Waals surface area contributed by atoms with Crippen LogP contribution in [0.2, 0.25) is 0 Å². The number of amides is 5. The lowest BCUT2D eigenvalue weighted by Crippen LogP contribution is -2.58. The summed E-state index contributed by atoms with van der Waals surface area (Å²) in [7, 11) is 0. The summed E-state index contributed by atoms with van der Waals surface area (Å²) >= 11 is 0. The van der Waals surface area contributed by atoms with Crippen molar-refractivity contribution in [2.75, 3.05) is 0 Å². The highest BCUT2D eigenvalue weighted by atomic mass is 16.4. The molecule has 0 aromatic heterocycles. The summed E-state index contributed by atoms with van der Waals surface area (Å²) in [6.07, 6.45) is -0.714. The van der Waals surface area contributed by atoms with Crippen LogP contribution in [0.4, 0.5) is 0 Å². The summed E-state index contributed by atoms with van der Waals surface area (Å²) in [5, 5.41) is 16.6. The van der Waals surface area contributed by atoms with Gasteiger partial charge < -0.3 is 38.3 Å². The summed E-state index contributed by atoms with van der Waals surface area (Å²) in [5.41, 5.74) is 15.8. The lowest BCUT2D eigenvalue weighted by atomic mass is 9.99. The minimum Gasteiger partial charge on any atom is -0.480 e. The number of aliphatic carboxylic acids is 1. The third kappa shape index (κ3) is 11.8. The van der Waals surface area contributed by atoms with E-state index in [0.29, 0.717) is 0 Å². The number of nitrogens with one attached hydrogen (secondary N) is 3. The predicted molar refractivity (Wildman–Crippen MR) is 118 cm³/mol. The first-order valence-corrected chi connectivity index (χ1v) is 10.6. The van der Waals surface area contributed by atoms with Crippen LogP contribution in [0.5, 0.6) is 0 Å². The Morgan fingerprint density at radius 3 is 1.73 bits per heavy atom. The van der Waals surface area contributed by atoms with Crippen LogP contribution in [0, 0.1) is 11.8 Å². The molecule has 0 rings (SSSR count). The number of rotatable bonds is 15. The first-order chi connectivity index (χ1) is 15.1. The number of carbonyl (C=O) groups is 6. The van der Waals surface area contributed by atoms with E-state index in [1.54, 1.807) is 27.7 Å². The summed E-state index contributed by atoms with van der Waals surface area (Å²) in [6, 6.07) is -4.87. The highest BCUT2D eigenvalue weighted by Gasteiger charge is 2.31. The van der Waals surface area contributed by atoms with Crippen molar-refractivity contribution in [2.45, 2.75) is 77.5 Å². The van der Waals surface area contributed by atoms with Gasteiger partial charge in [0, 0.05) is 6.42 Å². The molecule has 0 aromatic carbocycles. The highest BCUT2D eigenvalue weighted by molar-refractivity contribution is 5.95. The van der Waals surface area contributed by atoms with Crippen molar-refractivity contribution in [3.05, 3.63) is 0 Å². The average Bonchev–Trinajstić information content (AvgIpc) is 2.66. The standard InChI is InChI=1S/C20H36N6O7/c1-9(2)7-13(19(31)26-16(10(3)4)20(32)33)25-18(30)12(5-6-14(22)27)24-17(29)11(21)8-15(23)28/h9-13,16H,5-8,21H2,1-4H3,(H2,22,27)(H2,23,28)(H,24,29)(H,25,30)(H,26,31)(H,32,33). The van der Waals surface area contributed by atoms with Crippen molar-refractivity contribution in [3.63, 3.8) is 0 Å². The van der Waals surface area contributed by atoms with Crippen LogP contribution in [0.3, 0.4) is 0 Å². The Morgan fingerprint density at radius 1 is 0.788 bits per heavy atom. The summed E-state index contributed by atoms with van der Waals surface area (Å²) < 4.78 is 0. The number of carbonyl (C=O) groups excluding carboxylic acids is 5. The Morgan fingerprint density at radius 2 is 1.30 bits per heavy atom. The molecule has 0 saturated heterocycles. The molecule has 10 N–H and O–H groups in total. The summed E-state index contributed by atoms with van der Waals surface area (Å²) in [6.45, 7) is 6.86. The fourth-order valence-electron chi connectivity index (χ4n) is 2.89. The van der Waals surface area contributed by atoms with Crippen LogP contribution < -0.4 is 33.2 Å². The zero-order valence-corrected chi connectivity index (χ0v) is 19.4. The Hall–Kier alpha value is -3.22. The molecule has 13 heteroatoms. The molecular weight excluding hydrogens is 436 g/mol. The van der Waals surface area contributed by atoms with Gasteiger partial charge in [-0.1, -0.05) is 27.7 Å².